The Bertz CT molecular complexity index is 3180. The molecule has 0 aromatic heterocycles. The van der Waals surface area contributed by atoms with Gasteiger partial charge >= 0.3 is 0 Å². The van der Waals surface area contributed by atoms with Crippen molar-refractivity contribution in [2.45, 2.75) is 25.3 Å². The van der Waals surface area contributed by atoms with Crippen LogP contribution >= 0.6 is 0 Å². The standard InChI is InChI=1S/C62H47N3/c1-62(2)58-41-49(53-39-40-60(57-26-16-15-25-54(53)57)63-64-61(47-21-11-5-12-22-47)48-23-13-6-14-24-48)31-37-55(58)56-38-36-52(42-59(56)62)65(50-32-27-45(28-33-50)43-17-7-3-8-18-43)51-34-29-46(30-35-51)44-19-9-4-10-20-44/h3-42,61H,1-2H3. The monoisotopic (exact) mass is 833 g/mol. The lowest BCUT2D eigenvalue weighted by atomic mass is 9.81. The molecule has 0 saturated heterocycles. The normalized spacial score (nSPS) is 12.7. The van der Waals surface area contributed by atoms with Crippen molar-refractivity contribution in [2.24, 2.45) is 10.2 Å². The van der Waals surface area contributed by atoms with Crippen LogP contribution in [0.3, 0.4) is 0 Å². The van der Waals surface area contributed by atoms with E-state index in [-0.39, 0.29) is 11.5 Å². The first-order valence-electron chi connectivity index (χ1n) is 22.4. The summed E-state index contributed by atoms with van der Waals surface area (Å²) in [5.74, 6) is 0. The van der Waals surface area contributed by atoms with Gasteiger partial charge in [-0.05, 0) is 121 Å². The largest absolute Gasteiger partial charge is 0.310 e. The summed E-state index contributed by atoms with van der Waals surface area (Å²) in [6.07, 6.45) is 0. The van der Waals surface area contributed by atoms with E-state index < -0.39 is 0 Å². The summed E-state index contributed by atoms with van der Waals surface area (Å²) >= 11 is 0. The van der Waals surface area contributed by atoms with Crippen LogP contribution in [0.2, 0.25) is 0 Å². The molecule has 0 radical (unpaired) electrons. The van der Waals surface area contributed by atoms with Crippen molar-refractivity contribution in [3.8, 4) is 44.5 Å². The average Bonchev–Trinajstić information content (AvgIpc) is 3.60. The molecule has 0 fully saturated rings. The summed E-state index contributed by atoms with van der Waals surface area (Å²) in [6.45, 7) is 4.74. The molecule has 3 heteroatoms. The fraction of sp³-hybridized carbons (Fsp3) is 0.0645. The Morgan fingerprint density at radius 2 is 0.769 bits per heavy atom. The van der Waals surface area contributed by atoms with E-state index in [4.69, 9.17) is 10.2 Å². The molecule has 0 spiro atoms. The highest BCUT2D eigenvalue weighted by Gasteiger charge is 2.36. The van der Waals surface area contributed by atoms with Gasteiger partial charge in [0.2, 0.25) is 0 Å². The van der Waals surface area contributed by atoms with Crippen molar-refractivity contribution in [3.05, 3.63) is 265 Å². The lowest BCUT2D eigenvalue weighted by Crippen LogP contribution is -2.16. The van der Waals surface area contributed by atoms with Gasteiger partial charge in [-0.1, -0.05) is 208 Å². The smallest absolute Gasteiger partial charge is 0.121 e. The van der Waals surface area contributed by atoms with E-state index in [0.717, 1.165) is 44.6 Å². The van der Waals surface area contributed by atoms with Gasteiger partial charge in [0.05, 0.1) is 5.69 Å². The summed E-state index contributed by atoms with van der Waals surface area (Å²) in [6, 6.07) is 86.7. The zero-order chi connectivity index (χ0) is 43.7. The quantitative estimate of drug-likeness (QED) is 0.126. The molecule has 310 valence electrons. The number of anilines is 3. The fourth-order valence-electron chi connectivity index (χ4n) is 9.68. The first-order chi connectivity index (χ1) is 32.0. The molecule has 0 unspecified atom stereocenters. The van der Waals surface area contributed by atoms with Crippen molar-refractivity contribution in [1.29, 1.82) is 0 Å². The minimum Gasteiger partial charge on any atom is -0.310 e. The predicted molar refractivity (Wildman–Crippen MR) is 272 cm³/mol. The molecule has 10 aromatic rings. The number of rotatable bonds is 10. The van der Waals surface area contributed by atoms with Crippen LogP contribution in [-0.4, -0.2) is 0 Å². The number of nitrogens with zero attached hydrogens (tertiary/aromatic N) is 3. The molecule has 0 saturated carbocycles. The minimum atomic E-state index is -0.245. The van der Waals surface area contributed by atoms with E-state index in [1.54, 1.807) is 0 Å². The number of benzene rings is 10. The molecule has 0 atom stereocenters. The maximum Gasteiger partial charge on any atom is 0.121 e. The average molecular weight is 834 g/mol. The van der Waals surface area contributed by atoms with Gasteiger partial charge in [0, 0.05) is 27.9 Å². The summed E-state index contributed by atoms with van der Waals surface area (Å²) < 4.78 is 0. The molecular weight excluding hydrogens is 787 g/mol. The van der Waals surface area contributed by atoms with Crippen molar-refractivity contribution in [2.75, 3.05) is 4.90 Å². The van der Waals surface area contributed by atoms with Gasteiger partial charge in [0.1, 0.15) is 6.04 Å². The third-order valence-electron chi connectivity index (χ3n) is 13.1. The highest BCUT2D eigenvalue weighted by molar-refractivity contribution is 6.03. The Kier molecular flexibility index (Phi) is 10.3. The van der Waals surface area contributed by atoms with Gasteiger partial charge in [-0.15, -0.1) is 0 Å². The molecule has 1 aliphatic rings. The SMILES string of the molecule is CC1(C)c2cc(-c3ccc(N=NC(c4ccccc4)c4ccccc4)c4ccccc34)ccc2-c2ccc(N(c3ccc(-c4ccccc4)cc3)c3ccc(-c4ccccc4)cc3)cc21. The number of azo groups is 1. The highest BCUT2D eigenvalue weighted by Crippen LogP contribution is 2.52. The van der Waals surface area contributed by atoms with Gasteiger partial charge in [0.25, 0.3) is 0 Å². The van der Waals surface area contributed by atoms with E-state index in [1.165, 1.54) is 55.6 Å². The van der Waals surface area contributed by atoms with Crippen LogP contribution in [-0.2, 0) is 5.41 Å². The second-order valence-electron chi connectivity index (χ2n) is 17.4. The molecule has 0 N–H and O–H groups in total. The third kappa shape index (κ3) is 7.51. The second kappa shape index (κ2) is 16.9. The molecule has 3 nitrogen and oxygen atoms in total. The zero-order valence-electron chi connectivity index (χ0n) is 36.5. The Morgan fingerprint density at radius 1 is 0.354 bits per heavy atom. The van der Waals surface area contributed by atoms with E-state index in [9.17, 15) is 0 Å². The maximum absolute atomic E-state index is 4.99. The van der Waals surface area contributed by atoms with Gasteiger partial charge in [-0.3, -0.25) is 0 Å². The predicted octanol–water partition coefficient (Wildman–Crippen LogP) is 17.5. The van der Waals surface area contributed by atoms with Gasteiger partial charge in [-0.25, -0.2) is 0 Å². The Morgan fingerprint density at radius 3 is 1.32 bits per heavy atom. The molecule has 11 rings (SSSR count). The van der Waals surface area contributed by atoms with Gasteiger partial charge < -0.3 is 4.90 Å². The van der Waals surface area contributed by atoms with Crippen molar-refractivity contribution in [1.82, 2.24) is 0 Å². The first-order valence-corrected chi connectivity index (χ1v) is 22.4. The van der Waals surface area contributed by atoms with Gasteiger partial charge in [-0.2, -0.15) is 10.2 Å². The first kappa shape index (κ1) is 39.7. The molecule has 1 aliphatic carbocycles. The molecule has 0 heterocycles. The lowest BCUT2D eigenvalue weighted by Gasteiger charge is -2.28. The van der Waals surface area contributed by atoms with Crippen molar-refractivity contribution < 1.29 is 0 Å². The van der Waals surface area contributed by atoms with E-state index >= 15 is 0 Å². The van der Waals surface area contributed by atoms with Crippen LogP contribution in [0.5, 0.6) is 0 Å². The lowest BCUT2D eigenvalue weighted by molar-refractivity contribution is 0.660. The van der Waals surface area contributed by atoms with Crippen LogP contribution in [0.15, 0.2) is 253 Å². The Balaban J connectivity index is 0.948. The highest BCUT2D eigenvalue weighted by atomic mass is 15.1. The number of hydrogen-bond acceptors (Lipinski definition) is 3. The van der Waals surface area contributed by atoms with Crippen LogP contribution in [0.25, 0.3) is 55.3 Å². The molecule has 0 amide bonds. The molecule has 10 aromatic carbocycles. The molecule has 65 heavy (non-hydrogen) atoms. The second-order valence-corrected chi connectivity index (χ2v) is 17.4. The summed E-state index contributed by atoms with van der Waals surface area (Å²) in [4.78, 5) is 2.39. The van der Waals surface area contributed by atoms with Crippen molar-refractivity contribution >= 4 is 33.5 Å². The molecular formula is C62H47N3. The Hall–Kier alpha value is -8.14. The van der Waals surface area contributed by atoms with E-state index in [1.807, 2.05) is 12.1 Å². The molecule has 0 aliphatic heterocycles. The fourth-order valence-corrected chi connectivity index (χ4v) is 9.68. The Labute approximate surface area is 381 Å². The summed E-state index contributed by atoms with van der Waals surface area (Å²) in [5, 5.41) is 12.2. The number of fused-ring (bicyclic) bond motifs is 4. The van der Waals surface area contributed by atoms with E-state index in [2.05, 4.69) is 249 Å². The summed E-state index contributed by atoms with van der Waals surface area (Å²) in [7, 11) is 0. The minimum absolute atomic E-state index is 0.204. The topological polar surface area (TPSA) is 28.0 Å². The van der Waals surface area contributed by atoms with Crippen LogP contribution < -0.4 is 4.90 Å². The van der Waals surface area contributed by atoms with E-state index in [0.29, 0.717) is 0 Å². The number of hydrogen-bond donors (Lipinski definition) is 0. The zero-order valence-corrected chi connectivity index (χ0v) is 36.5. The van der Waals surface area contributed by atoms with Crippen LogP contribution in [0.1, 0.15) is 42.1 Å². The maximum atomic E-state index is 4.99. The summed E-state index contributed by atoms with van der Waals surface area (Å²) in [5.41, 5.74) is 18.6. The van der Waals surface area contributed by atoms with Gasteiger partial charge in [0.15, 0.2) is 0 Å². The van der Waals surface area contributed by atoms with Crippen LogP contribution in [0, 0.1) is 0 Å². The van der Waals surface area contributed by atoms with Crippen LogP contribution in [0.4, 0.5) is 22.7 Å². The third-order valence-corrected chi connectivity index (χ3v) is 13.1. The van der Waals surface area contributed by atoms with Crippen molar-refractivity contribution in [3.63, 3.8) is 0 Å². The molecule has 0 bridgehead atoms.